The molecular formula is C16H24N2O. The average Bonchev–Trinajstić information content (AvgIpc) is 2.36. The van der Waals surface area contributed by atoms with Crippen molar-refractivity contribution >= 4 is 5.91 Å². The van der Waals surface area contributed by atoms with Gasteiger partial charge in [0.25, 0.3) is 0 Å². The molecule has 0 spiro atoms. The molecular weight excluding hydrogens is 236 g/mol. The lowest BCUT2D eigenvalue weighted by Crippen LogP contribution is -2.47. The number of benzene rings is 1. The van der Waals surface area contributed by atoms with Crippen molar-refractivity contribution in [3.8, 4) is 0 Å². The SMILES string of the molecule is Cc1ccc(C)c(C(C)NC2CCC(=O)N(C)C2)c1. The molecule has 1 aromatic rings. The van der Waals surface area contributed by atoms with E-state index in [1.807, 2.05) is 11.9 Å². The Morgan fingerprint density at radius 1 is 1.37 bits per heavy atom. The molecule has 0 radical (unpaired) electrons. The van der Waals surface area contributed by atoms with Crippen molar-refractivity contribution in [2.75, 3.05) is 13.6 Å². The molecule has 2 unspecified atom stereocenters. The number of hydrogen-bond donors (Lipinski definition) is 1. The molecule has 1 aliphatic rings. The number of likely N-dealkylation sites (tertiary alicyclic amines) is 1. The van der Waals surface area contributed by atoms with Crippen LogP contribution in [0.15, 0.2) is 18.2 Å². The quantitative estimate of drug-likeness (QED) is 0.906. The van der Waals surface area contributed by atoms with Gasteiger partial charge in [0.1, 0.15) is 0 Å². The highest BCUT2D eigenvalue weighted by Gasteiger charge is 2.24. The Morgan fingerprint density at radius 2 is 2.11 bits per heavy atom. The molecule has 19 heavy (non-hydrogen) atoms. The second kappa shape index (κ2) is 5.74. The van der Waals surface area contributed by atoms with Crippen LogP contribution in [0, 0.1) is 13.8 Å². The van der Waals surface area contributed by atoms with E-state index in [-0.39, 0.29) is 5.91 Å². The first-order chi connectivity index (χ1) is 8.97. The summed E-state index contributed by atoms with van der Waals surface area (Å²) in [6, 6.07) is 7.31. The molecule has 1 N–H and O–H groups in total. The van der Waals surface area contributed by atoms with E-state index in [1.54, 1.807) is 0 Å². The van der Waals surface area contributed by atoms with Gasteiger partial charge in [0, 0.05) is 32.1 Å². The van der Waals surface area contributed by atoms with Gasteiger partial charge in [-0.3, -0.25) is 4.79 Å². The maximum Gasteiger partial charge on any atom is 0.222 e. The van der Waals surface area contributed by atoms with Gasteiger partial charge in [-0.25, -0.2) is 0 Å². The maximum absolute atomic E-state index is 11.5. The summed E-state index contributed by atoms with van der Waals surface area (Å²) >= 11 is 0. The summed E-state index contributed by atoms with van der Waals surface area (Å²) in [6.45, 7) is 7.30. The second-order valence-electron chi connectivity index (χ2n) is 5.76. The number of nitrogens with one attached hydrogen (secondary N) is 1. The van der Waals surface area contributed by atoms with E-state index in [9.17, 15) is 4.79 Å². The summed E-state index contributed by atoms with van der Waals surface area (Å²) in [6.07, 6.45) is 1.60. The van der Waals surface area contributed by atoms with Crippen LogP contribution in [-0.2, 0) is 4.79 Å². The minimum absolute atomic E-state index is 0.262. The molecule has 1 heterocycles. The smallest absolute Gasteiger partial charge is 0.222 e. The van der Waals surface area contributed by atoms with Gasteiger partial charge in [0.15, 0.2) is 0 Å². The number of likely N-dealkylation sites (N-methyl/N-ethyl adjacent to an activating group) is 1. The molecule has 1 aliphatic heterocycles. The number of nitrogens with zero attached hydrogens (tertiary/aromatic N) is 1. The number of piperidine rings is 1. The topological polar surface area (TPSA) is 32.3 Å². The predicted molar refractivity (Wildman–Crippen MR) is 78.1 cm³/mol. The Hall–Kier alpha value is -1.35. The van der Waals surface area contributed by atoms with E-state index in [1.165, 1.54) is 16.7 Å². The van der Waals surface area contributed by atoms with Gasteiger partial charge in [0.05, 0.1) is 0 Å². The Bertz CT molecular complexity index is 470. The number of aryl methyl sites for hydroxylation is 2. The molecule has 2 atom stereocenters. The second-order valence-corrected chi connectivity index (χ2v) is 5.76. The minimum Gasteiger partial charge on any atom is -0.344 e. The van der Waals surface area contributed by atoms with Gasteiger partial charge in [-0.15, -0.1) is 0 Å². The largest absolute Gasteiger partial charge is 0.344 e. The summed E-state index contributed by atoms with van der Waals surface area (Å²) in [5.74, 6) is 0.262. The predicted octanol–water partition coefficient (Wildman–Crippen LogP) is 2.57. The molecule has 3 nitrogen and oxygen atoms in total. The number of amides is 1. The van der Waals surface area contributed by atoms with Gasteiger partial charge >= 0.3 is 0 Å². The molecule has 1 amide bonds. The van der Waals surface area contributed by atoms with E-state index in [4.69, 9.17) is 0 Å². The van der Waals surface area contributed by atoms with Gasteiger partial charge in [-0.2, -0.15) is 0 Å². The molecule has 0 aromatic heterocycles. The van der Waals surface area contributed by atoms with Crippen LogP contribution in [0.25, 0.3) is 0 Å². The first-order valence-electron chi connectivity index (χ1n) is 7.04. The lowest BCUT2D eigenvalue weighted by atomic mass is 9.98. The van der Waals surface area contributed by atoms with Gasteiger partial charge < -0.3 is 10.2 Å². The van der Waals surface area contributed by atoms with Gasteiger partial charge in [-0.05, 0) is 38.3 Å². The van der Waals surface area contributed by atoms with E-state index < -0.39 is 0 Å². The van der Waals surface area contributed by atoms with Gasteiger partial charge in [0.2, 0.25) is 5.91 Å². The average molecular weight is 260 g/mol. The van der Waals surface area contributed by atoms with Crippen LogP contribution in [0.2, 0.25) is 0 Å². The number of carbonyl (C=O) groups is 1. The molecule has 1 fully saturated rings. The Kier molecular flexibility index (Phi) is 4.25. The molecule has 3 heteroatoms. The Morgan fingerprint density at radius 3 is 2.79 bits per heavy atom. The lowest BCUT2D eigenvalue weighted by molar-refractivity contribution is -0.132. The van der Waals surface area contributed by atoms with E-state index in [0.29, 0.717) is 18.5 Å². The molecule has 0 bridgehead atoms. The first-order valence-corrected chi connectivity index (χ1v) is 7.04. The van der Waals surface area contributed by atoms with Crippen LogP contribution < -0.4 is 5.32 Å². The molecule has 104 valence electrons. The zero-order valence-corrected chi connectivity index (χ0v) is 12.4. The zero-order valence-electron chi connectivity index (χ0n) is 12.4. The molecule has 1 aromatic carbocycles. The summed E-state index contributed by atoms with van der Waals surface area (Å²) in [4.78, 5) is 13.3. The Balaban J connectivity index is 2.03. The van der Waals surface area contributed by atoms with Crippen molar-refractivity contribution in [3.05, 3.63) is 34.9 Å². The van der Waals surface area contributed by atoms with Crippen LogP contribution in [0.5, 0.6) is 0 Å². The number of hydrogen-bond acceptors (Lipinski definition) is 2. The number of rotatable bonds is 3. The van der Waals surface area contributed by atoms with E-state index in [0.717, 1.165) is 13.0 Å². The zero-order chi connectivity index (χ0) is 14.0. The van der Waals surface area contributed by atoms with Crippen LogP contribution >= 0.6 is 0 Å². The van der Waals surface area contributed by atoms with Crippen molar-refractivity contribution in [1.82, 2.24) is 10.2 Å². The summed E-state index contributed by atoms with van der Waals surface area (Å²) in [5.41, 5.74) is 3.98. The highest BCUT2D eigenvalue weighted by atomic mass is 16.2. The lowest BCUT2D eigenvalue weighted by Gasteiger charge is -2.32. The third-order valence-corrected chi connectivity index (χ3v) is 4.01. The van der Waals surface area contributed by atoms with Crippen molar-refractivity contribution in [3.63, 3.8) is 0 Å². The van der Waals surface area contributed by atoms with E-state index >= 15 is 0 Å². The monoisotopic (exact) mass is 260 g/mol. The normalized spacial score (nSPS) is 21.6. The molecule has 2 rings (SSSR count). The van der Waals surface area contributed by atoms with Gasteiger partial charge in [-0.1, -0.05) is 23.8 Å². The fraction of sp³-hybridized carbons (Fsp3) is 0.562. The Labute approximate surface area is 116 Å². The van der Waals surface area contributed by atoms with Crippen LogP contribution in [0.4, 0.5) is 0 Å². The summed E-state index contributed by atoms with van der Waals surface area (Å²) in [7, 11) is 1.89. The third kappa shape index (κ3) is 3.35. The fourth-order valence-corrected chi connectivity index (χ4v) is 2.82. The molecule has 0 aliphatic carbocycles. The fourth-order valence-electron chi connectivity index (χ4n) is 2.82. The highest BCUT2D eigenvalue weighted by Crippen LogP contribution is 2.21. The van der Waals surface area contributed by atoms with E-state index in [2.05, 4.69) is 44.3 Å². The molecule has 1 saturated heterocycles. The first kappa shape index (κ1) is 14.1. The summed E-state index contributed by atoms with van der Waals surface area (Å²) in [5, 5.41) is 3.66. The van der Waals surface area contributed by atoms with Crippen LogP contribution in [-0.4, -0.2) is 30.4 Å². The molecule has 0 saturated carbocycles. The number of carbonyl (C=O) groups excluding carboxylic acids is 1. The minimum atomic E-state index is 0.262. The van der Waals surface area contributed by atoms with Crippen molar-refractivity contribution < 1.29 is 4.79 Å². The van der Waals surface area contributed by atoms with Crippen molar-refractivity contribution in [1.29, 1.82) is 0 Å². The highest BCUT2D eigenvalue weighted by molar-refractivity contribution is 5.76. The standard InChI is InChI=1S/C16H24N2O/c1-11-5-6-12(2)15(9-11)13(3)17-14-7-8-16(19)18(4)10-14/h5-6,9,13-14,17H,7-8,10H2,1-4H3. The van der Waals surface area contributed by atoms with Crippen LogP contribution in [0.3, 0.4) is 0 Å². The maximum atomic E-state index is 11.5. The van der Waals surface area contributed by atoms with Crippen molar-refractivity contribution in [2.45, 2.75) is 45.7 Å². The third-order valence-electron chi connectivity index (χ3n) is 4.01. The summed E-state index contributed by atoms with van der Waals surface area (Å²) < 4.78 is 0. The van der Waals surface area contributed by atoms with Crippen LogP contribution in [0.1, 0.15) is 42.5 Å². The van der Waals surface area contributed by atoms with Crippen molar-refractivity contribution in [2.24, 2.45) is 0 Å².